The van der Waals surface area contributed by atoms with Crippen LogP contribution in [0.1, 0.15) is 26.3 Å². The van der Waals surface area contributed by atoms with Crippen LogP contribution in [0.3, 0.4) is 0 Å². The lowest BCUT2D eigenvalue weighted by Crippen LogP contribution is -2.26. The lowest BCUT2D eigenvalue weighted by atomic mass is 9.96. The van der Waals surface area contributed by atoms with Gasteiger partial charge in [0.1, 0.15) is 11.5 Å². The Kier molecular flexibility index (Phi) is 6.15. The van der Waals surface area contributed by atoms with Crippen molar-refractivity contribution in [1.82, 2.24) is 4.57 Å². The third-order valence-corrected chi connectivity index (χ3v) is 4.78. The van der Waals surface area contributed by atoms with Crippen LogP contribution in [0.15, 0.2) is 53.5 Å². The van der Waals surface area contributed by atoms with E-state index < -0.39 is 0 Å². The second-order valence-corrected chi connectivity index (χ2v) is 8.48. The topological polar surface area (TPSA) is 69.6 Å². The molecule has 2 aromatic carbocycles. The standard InChI is InChI=1S/C24H28N2O4/c1-24(2,3)15-26-12-11-18-19(23(26)28)7-6-8-20(18)25-22(27)13-16-9-10-17(29-4)14-21(16)30-5/h6-12,14H,13,15H2,1-5H3,(H,25,27). The number of carbonyl (C=O) groups is 1. The number of rotatable bonds is 6. The van der Waals surface area contributed by atoms with Crippen LogP contribution in [0.25, 0.3) is 10.8 Å². The number of carbonyl (C=O) groups excluding carboxylic acids is 1. The van der Waals surface area contributed by atoms with Crippen molar-refractivity contribution >= 4 is 22.4 Å². The van der Waals surface area contributed by atoms with Gasteiger partial charge in [0.05, 0.1) is 20.6 Å². The van der Waals surface area contributed by atoms with E-state index >= 15 is 0 Å². The number of pyridine rings is 1. The van der Waals surface area contributed by atoms with Gasteiger partial charge in [-0.25, -0.2) is 0 Å². The third-order valence-electron chi connectivity index (χ3n) is 4.78. The molecule has 0 bridgehead atoms. The number of hydrogen-bond donors (Lipinski definition) is 1. The number of nitrogens with one attached hydrogen (secondary N) is 1. The molecular weight excluding hydrogens is 380 g/mol. The Morgan fingerprint density at radius 2 is 1.80 bits per heavy atom. The van der Waals surface area contributed by atoms with Gasteiger partial charge in [-0.05, 0) is 29.7 Å². The van der Waals surface area contributed by atoms with Gasteiger partial charge in [-0.3, -0.25) is 9.59 Å². The molecule has 0 unspecified atom stereocenters. The van der Waals surface area contributed by atoms with Crippen molar-refractivity contribution in [1.29, 1.82) is 0 Å². The highest BCUT2D eigenvalue weighted by Crippen LogP contribution is 2.26. The summed E-state index contributed by atoms with van der Waals surface area (Å²) in [4.78, 5) is 25.6. The summed E-state index contributed by atoms with van der Waals surface area (Å²) < 4.78 is 12.3. The van der Waals surface area contributed by atoms with Gasteiger partial charge in [-0.1, -0.05) is 32.9 Å². The molecule has 1 N–H and O–H groups in total. The van der Waals surface area contributed by atoms with Gasteiger partial charge in [0.15, 0.2) is 0 Å². The fourth-order valence-corrected chi connectivity index (χ4v) is 3.43. The van der Waals surface area contributed by atoms with Crippen LogP contribution in [-0.2, 0) is 17.8 Å². The van der Waals surface area contributed by atoms with Crippen LogP contribution in [0.5, 0.6) is 11.5 Å². The van der Waals surface area contributed by atoms with Crippen molar-refractivity contribution in [3.63, 3.8) is 0 Å². The van der Waals surface area contributed by atoms with E-state index in [9.17, 15) is 9.59 Å². The number of methoxy groups -OCH3 is 2. The van der Waals surface area contributed by atoms with E-state index in [4.69, 9.17) is 9.47 Å². The van der Waals surface area contributed by atoms with Crippen LogP contribution < -0.4 is 20.3 Å². The molecule has 0 saturated heterocycles. The number of aromatic nitrogens is 1. The molecule has 0 aliphatic carbocycles. The van der Waals surface area contributed by atoms with Crippen LogP contribution in [0, 0.1) is 5.41 Å². The van der Waals surface area contributed by atoms with E-state index in [2.05, 4.69) is 26.1 Å². The van der Waals surface area contributed by atoms with Crippen LogP contribution >= 0.6 is 0 Å². The third kappa shape index (κ3) is 4.82. The van der Waals surface area contributed by atoms with Gasteiger partial charge in [0.2, 0.25) is 5.91 Å². The van der Waals surface area contributed by atoms with Crippen LogP contribution in [-0.4, -0.2) is 24.7 Å². The first-order chi connectivity index (χ1) is 14.2. The Morgan fingerprint density at radius 1 is 1.03 bits per heavy atom. The van der Waals surface area contributed by atoms with Gasteiger partial charge in [-0.15, -0.1) is 0 Å². The number of amides is 1. The molecule has 1 aromatic heterocycles. The van der Waals surface area contributed by atoms with Crippen molar-refractivity contribution in [2.24, 2.45) is 5.41 Å². The maximum atomic E-state index is 12.9. The Labute approximate surface area is 176 Å². The second-order valence-electron chi connectivity index (χ2n) is 8.48. The minimum atomic E-state index is -0.190. The van der Waals surface area contributed by atoms with E-state index in [1.54, 1.807) is 55.3 Å². The summed E-state index contributed by atoms with van der Waals surface area (Å²) in [6.45, 7) is 6.89. The molecule has 0 spiro atoms. The fraction of sp³-hybridized carbons (Fsp3) is 0.333. The Hall–Kier alpha value is -3.28. The van der Waals surface area contributed by atoms with Gasteiger partial charge >= 0.3 is 0 Å². The van der Waals surface area contributed by atoms with Gasteiger partial charge in [0.25, 0.3) is 5.56 Å². The molecule has 0 aliphatic rings. The maximum Gasteiger partial charge on any atom is 0.258 e. The first kappa shape index (κ1) is 21.4. The summed E-state index contributed by atoms with van der Waals surface area (Å²) in [7, 11) is 3.14. The lowest BCUT2D eigenvalue weighted by molar-refractivity contribution is -0.115. The number of anilines is 1. The minimum Gasteiger partial charge on any atom is -0.497 e. The zero-order valence-corrected chi connectivity index (χ0v) is 18.1. The summed E-state index contributed by atoms with van der Waals surface area (Å²) in [5.41, 5.74) is 1.30. The van der Waals surface area contributed by atoms with Crippen molar-refractivity contribution in [2.45, 2.75) is 33.7 Å². The molecule has 1 heterocycles. The Bertz CT molecular complexity index is 1130. The molecule has 0 radical (unpaired) electrons. The molecule has 30 heavy (non-hydrogen) atoms. The van der Waals surface area contributed by atoms with E-state index in [1.165, 1.54) is 0 Å². The Balaban J connectivity index is 1.86. The summed E-state index contributed by atoms with van der Waals surface area (Å²) in [5, 5.41) is 4.24. The summed E-state index contributed by atoms with van der Waals surface area (Å²) in [5.74, 6) is 1.06. The molecule has 6 heteroatoms. The summed E-state index contributed by atoms with van der Waals surface area (Å²) in [6.07, 6.45) is 1.93. The highest BCUT2D eigenvalue weighted by molar-refractivity contribution is 6.02. The van der Waals surface area contributed by atoms with Gasteiger partial charge < -0.3 is 19.4 Å². The van der Waals surface area contributed by atoms with E-state index in [0.29, 0.717) is 29.1 Å². The largest absolute Gasteiger partial charge is 0.497 e. The SMILES string of the molecule is COc1ccc(CC(=O)Nc2cccc3c(=O)n(CC(C)(C)C)ccc23)c(OC)c1. The second kappa shape index (κ2) is 8.61. The monoisotopic (exact) mass is 408 g/mol. The van der Waals surface area contributed by atoms with E-state index in [1.807, 2.05) is 12.1 Å². The molecule has 0 atom stereocenters. The number of hydrogen-bond acceptors (Lipinski definition) is 4. The molecule has 1 amide bonds. The quantitative estimate of drug-likeness (QED) is 0.662. The fourth-order valence-electron chi connectivity index (χ4n) is 3.43. The normalized spacial score (nSPS) is 11.4. The van der Waals surface area contributed by atoms with Crippen LogP contribution in [0.2, 0.25) is 0 Å². The molecule has 6 nitrogen and oxygen atoms in total. The van der Waals surface area contributed by atoms with Crippen molar-refractivity contribution in [3.05, 3.63) is 64.6 Å². The zero-order valence-electron chi connectivity index (χ0n) is 18.1. The first-order valence-corrected chi connectivity index (χ1v) is 9.85. The number of fused-ring (bicyclic) bond motifs is 1. The average Bonchev–Trinajstić information content (AvgIpc) is 2.70. The van der Waals surface area contributed by atoms with Crippen molar-refractivity contribution in [3.8, 4) is 11.5 Å². The number of nitrogens with zero attached hydrogens (tertiary/aromatic N) is 1. The number of ether oxygens (including phenoxy) is 2. The zero-order chi connectivity index (χ0) is 21.9. The minimum absolute atomic E-state index is 0.0131. The van der Waals surface area contributed by atoms with Crippen molar-refractivity contribution in [2.75, 3.05) is 19.5 Å². The van der Waals surface area contributed by atoms with Crippen LogP contribution in [0.4, 0.5) is 5.69 Å². The van der Waals surface area contributed by atoms with E-state index in [0.717, 1.165) is 10.9 Å². The first-order valence-electron chi connectivity index (χ1n) is 9.85. The molecule has 158 valence electrons. The summed E-state index contributed by atoms with van der Waals surface area (Å²) in [6, 6.07) is 12.6. The average molecular weight is 408 g/mol. The highest BCUT2D eigenvalue weighted by atomic mass is 16.5. The van der Waals surface area contributed by atoms with Gasteiger partial charge in [0, 0.05) is 40.8 Å². The van der Waals surface area contributed by atoms with Gasteiger partial charge in [-0.2, -0.15) is 0 Å². The highest BCUT2D eigenvalue weighted by Gasteiger charge is 2.15. The number of benzene rings is 2. The molecule has 3 rings (SSSR count). The lowest BCUT2D eigenvalue weighted by Gasteiger charge is -2.20. The summed E-state index contributed by atoms with van der Waals surface area (Å²) >= 11 is 0. The smallest absolute Gasteiger partial charge is 0.258 e. The molecule has 0 fully saturated rings. The Morgan fingerprint density at radius 3 is 2.47 bits per heavy atom. The van der Waals surface area contributed by atoms with E-state index in [-0.39, 0.29) is 23.3 Å². The maximum absolute atomic E-state index is 12.9. The molecule has 0 saturated carbocycles. The predicted octanol–water partition coefficient (Wildman–Crippen LogP) is 4.25. The molecule has 3 aromatic rings. The molecular formula is C24H28N2O4. The predicted molar refractivity (Wildman–Crippen MR) is 120 cm³/mol. The van der Waals surface area contributed by atoms with Crippen molar-refractivity contribution < 1.29 is 14.3 Å². The molecule has 0 aliphatic heterocycles.